The zero-order valence-electron chi connectivity index (χ0n) is 12.8. The molecule has 1 heterocycles. The Kier molecular flexibility index (Phi) is 4.48. The maximum atomic E-state index is 13.0. The number of piperidine rings is 1. The summed E-state index contributed by atoms with van der Waals surface area (Å²) in [6.45, 7) is 7.65. The SMILES string of the molecule is CC1CCC(CN)CN1C(=O)C(C)(C)c1ccccc1. The first-order chi connectivity index (χ1) is 9.46. The number of hydrogen-bond donors (Lipinski definition) is 1. The minimum atomic E-state index is -0.480. The van der Waals surface area contributed by atoms with Gasteiger partial charge in [-0.2, -0.15) is 0 Å². The van der Waals surface area contributed by atoms with Crippen molar-refractivity contribution in [2.75, 3.05) is 13.1 Å². The number of rotatable bonds is 3. The number of amides is 1. The van der Waals surface area contributed by atoms with Crippen LogP contribution in [-0.2, 0) is 10.2 Å². The molecule has 0 aromatic heterocycles. The van der Waals surface area contributed by atoms with Crippen LogP contribution in [0.15, 0.2) is 30.3 Å². The summed E-state index contributed by atoms with van der Waals surface area (Å²) in [5.41, 5.74) is 6.39. The van der Waals surface area contributed by atoms with E-state index in [1.807, 2.05) is 49.1 Å². The van der Waals surface area contributed by atoms with Crippen molar-refractivity contribution in [3.05, 3.63) is 35.9 Å². The van der Waals surface area contributed by atoms with Crippen LogP contribution >= 0.6 is 0 Å². The summed E-state index contributed by atoms with van der Waals surface area (Å²) >= 11 is 0. The molecule has 0 saturated carbocycles. The molecule has 0 radical (unpaired) electrons. The zero-order chi connectivity index (χ0) is 14.8. The highest BCUT2D eigenvalue weighted by Gasteiger charge is 2.38. The maximum absolute atomic E-state index is 13.0. The van der Waals surface area contributed by atoms with Crippen LogP contribution in [0.5, 0.6) is 0 Å². The largest absolute Gasteiger partial charge is 0.339 e. The Hall–Kier alpha value is -1.35. The van der Waals surface area contributed by atoms with Gasteiger partial charge in [-0.25, -0.2) is 0 Å². The van der Waals surface area contributed by atoms with Gasteiger partial charge < -0.3 is 10.6 Å². The summed E-state index contributed by atoms with van der Waals surface area (Å²) in [6, 6.07) is 10.4. The van der Waals surface area contributed by atoms with Gasteiger partial charge in [0.15, 0.2) is 0 Å². The predicted molar refractivity (Wildman–Crippen MR) is 82.4 cm³/mol. The zero-order valence-corrected chi connectivity index (χ0v) is 12.8. The highest BCUT2D eigenvalue weighted by molar-refractivity contribution is 5.87. The van der Waals surface area contributed by atoms with Crippen LogP contribution in [0.1, 0.15) is 39.2 Å². The first-order valence-corrected chi connectivity index (χ1v) is 7.53. The van der Waals surface area contributed by atoms with Gasteiger partial charge in [0.05, 0.1) is 5.41 Å². The Balaban J connectivity index is 2.21. The number of nitrogens with two attached hydrogens (primary N) is 1. The van der Waals surface area contributed by atoms with Crippen LogP contribution in [0, 0.1) is 5.92 Å². The van der Waals surface area contributed by atoms with Gasteiger partial charge in [0.25, 0.3) is 0 Å². The van der Waals surface area contributed by atoms with Crippen molar-refractivity contribution in [3.8, 4) is 0 Å². The predicted octanol–water partition coefficient (Wildman–Crippen LogP) is 2.55. The second kappa shape index (κ2) is 5.96. The fraction of sp³-hybridized carbons (Fsp3) is 0.588. The Morgan fingerprint density at radius 3 is 2.55 bits per heavy atom. The summed E-state index contributed by atoms with van der Waals surface area (Å²) in [4.78, 5) is 15.0. The molecule has 1 aliphatic rings. The lowest BCUT2D eigenvalue weighted by molar-refractivity contribution is -0.140. The standard InChI is InChI=1S/C17H26N2O/c1-13-9-10-14(11-18)12-19(13)16(20)17(2,3)15-7-5-4-6-8-15/h4-8,13-14H,9-12,18H2,1-3H3. The van der Waals surface area contributed by atoms with Crippen molar-refractivity contribution < 1.29 is 4.79 Å². The van der Waals surface area contributed by atoms with Gasteiger partial charge in [0.1, 0.15) is 0 Å². The summed E-state index contributed by atoms with van der Waals surface area (Å²) in [6.07, 6.45) is 2.19. The number of carbonyl (C=O) groups excluding carboxylic acids is 1. The minimum Gasteiger partial charge on any atom is -0.339 e. The van der Waals surface area contributed by atoms with E-state index in [1.54, 1.807) is 0 Å². The Morgan fingerprint density at radius 1 is 1.30 bits per heavy atom. The first-order valence-electron chi connectivity index (χ1n) is 7.53. The number of likely N-dealkylation sites (tertiary alicyclic amines) is 1. The molecule has 2 N–H and O–H groups in total. The van der Waals surface area contributed by atoms with E-state index >= 15 is 0 Å². The normalized spacial score (nSPS) is 23.7. The number of carbonyl (C=O) groups is 1. The van der Waals surface area contributed by atoms with E-state index in [9.17, 15) is 4.79 Å². The Labute approximate surface area is 122 Å². The molecule has 1 saturated heterocycles. The molecule has 1 fully saturated rings. The molecule has 1 aromatic rings. The molecule has 1 amide bonds. The molecule has 0 bridgehead atoms. The molecule has 1 aliphatic heterocycles. The summed E-state index contributed by atoms with van der Waals surface area (Å²) in [5.74, 6) is 0.663. The summed E-state index contributed by atoms with van der Waals surface area (Å²) < 4.78 is 0. The molecule has 2 rings (SSSR count). The average Bonchev–Trinajstić information content (AvgIpc) is 2.48. The van der Waals surface area contributed by atoms with Gasteiger partial charge in [-0.05, 0) is 51.6 Å². The smallest absolute Gasteiger partial charge is 0.232 e. The molecule has 20 heavy (non-hydrogen) atoms. The molecule has 2 unspecified atom stereocenters. The van der Waals surface area contributed by atoms with E-state index in [4.69, 9.17) is 5.73 Å². The summed E-state index contributed by atoms with van der Waals surface area (Å²) in [5, 5.41) is 0. The van der Waals surface area contributed by atoms with E-state index in [-0.39, 0.29) is 5.91 Å². The highest BCUT2D eigenvalue weighted by atomic mass is 16.2. The van der Waals surface area contributed by atoms with Gasteiger partial charge in [-0.15, -0.1) is 0 Å². The van der Waals surface area contributed by atoms with Crippen LogP contribution in [0.25, 0.3) is 0 Å². The molecule has 2 atom stereocenters. The van der Waals surface area contributed by atoms with E-state index in [1.165, 1.54) is 0 Å². The number of benzene rings is 1. The van der Waals surface area contributed by atoms with E-state index < -0.39 is 5.41 Å². The van der Waals surface area contributed by atoms with Gasteiger partial charge in [0.2, 0.25) is 5.91 Å². The minimum absolute atomic E-state index is 0.217. The quantitative estimate of drug-likeness (QED) is 0.920. The third-order valence-electron chi connectivity index (χ3n) is 4.60. The highest BCUT2D eigenvalue weighted by Crippen LogP contribution is 2.30. The van der Waals surface area contributed by atoms with Crippen LogP contribution in [0.3, 0.4) is 0 Å². The van der Waals surface area contributed by atoms with Crippen molar-refractivity contribution in [1.29, 1.82) is 0 Å². The fourth-order valence-corrected chi connectivity index (χ4v) is 2.99. The lowest BCUT2D eigenvalue weighted by Gasteiger charge is -2.41. The molecule has 3 heteroatoms. The third kappa shape index (κ3) is 2.88. The van der Waals surface area contributed by atoms with E-state index in [0.717, 1.165) is 24.9 Å². The number of nitrogens with zero attached hydrogens (tertiary/aromatic N) is 1. The van der Waals surface area contributed by atoms with Crippen molar-refractivity contribution in [3.63, 3.8) is 0 Å². The number of hydrogen-bond acceptors (Lipinski definition) is 2. The molecule has 0 spiro atoms. The van der Waals surface area contributed by atoms with Crippen LogP contribution in [-0.4, -0.2) is 29.9 Å². The van der Waals surface area contributed by atoms with Crippen molar-refractivity contribution >= 4 is 5.91 Å². The second-order valence-corrected chi connectivity index (χ2v) is 6.48. The monoisotopic (exact) mass is 274 g/mol. The molecule has 3 nitrogen and oxygen atoms in total. The van der Waals surface area contributed by atoms with Crippen molar-refractivity contribution in [1.82, 2.24) is 4.90 Å². The van der Waals surface area contributed by atoms with Gasteiger partial charge in [-0.3, -0.25) is 4.79 Å². The van der Waals surface area contributed by atoms with Crippen molar-refractivity contribution in [2.24, 2.45) is 11.7 Å². The lowest BCUT2D eigenvalue weighted by Crippen LogP contribution is -2.52. The second-order valence-electron chi connectivity index (χ2n) is 6.48. The molecule has 0 aliphatic carbocycles. The topological polar surface area (TPSA) is 46.3 Å². The van der Waals surface area contributed by atoms with Crippen LogP contribution < -0.4 is 5.73 Å². The first kappa shape index (κ1) is 15.0. The van der Waals surface area contributed by atoms with Gasteiger partial charge in [-0.1, -0.05) is 30.3 Å². The van der Waals surface area contributed by atoms with Crippen LogP contribution in [0.4, 0.5) is 0 Å². The Bertz CT molecular complexity index is 455. The third-order valence-corrected chi connectivity index (χ3v) is 4.60. The molecule has 110 valence electrons. The lowest BCUT2D eigenvalue weighted by atomic mass is 9.81. The van der Waals surface area contributed by atoms with Gasteiger partial charge >= 0.3 is 0 Å². The average molecular weight is 274 g/mol. The van der Waals surface area contributed by atoms with Crippen molar-refractivity contribution in [2.45, 2.75) is 45.1 Å². The molecule has 1 aromatic carbocycles. The maximum Gasteiger partial charge on any atom is 0.232 e. The Morgan fingerprint density at radius 2 is 1.95 bits per heavy atom. The van der Waals surface area contributed by atoms with Crippen LogP contribution in [0.2, 0.25) is 0 Å². The molecular formula is C17H26N2O. The summed E-state index contributed by atoms with van der Waals surface area (Å²) in [7, 11) is 0. The fourth-order valence-electron chi connectivity index (χ4n) is 2.99. The van der Waals surface area contributed by atoms with E-state index in [0.29, 0.717) is 18.5 Å². The van der Waals surface area contributed by atoms with Gasteiger partial charge in [0, 0.05) is 12.6 Å². The van der Waals surface area contributed by atoms with E-state index in [2.05, 4.69) is 6.92 Å². The molecular weight excluding hydrogens is 248 g/mol.